The monoisotopic (exact) mass is 227 g/mol. The summed E-state index contributed by atoms with van der Waals surface area (Å²) in [5.74, 6) is 0. The third-order valence-corrected chi connectivity index (χ3v) is 2.92. The van der Waals surface area contributed by atoms with Crippen LogP contribution < -0.4 is 5.73 Å². The Hall–Kier alpha value is -0.570. The van der Waals surface area contributed by atoms with E-state index in [1.807, 2.05) is 0 Å². The van der Waals surface area contributed by atoms with E-state index in [-0.39, 0.29) is 24.6 Å². The highest BCUT2D eigenvalue weighted by atomic mass is 35.5. The van der Waals surface area contributed by atoms with Gasteiger partial charge in [-0.2, -0.15) is 0 Å². The van der Waals surface area contributed by atoms with Gasteiger partial charge >= 0.3 is 0 Å². The van der Waals surface area contributed by atoms with Crippen LogP contribution in [0.4, 0.5) is 0 Å². The number of ether oxygens (including phenoxy) is 1. The van der Waals surface area contributed by atoms with Gasteiger partial charge in [0.1, 0.15) is 0 Å². The Morgan fingerprint density at radius 2 is 2.20 bits per heavy atom. The second-order valence-corrected chi connectivity index (χ2v) is 3.99. The van der Waals surface area contributed by atoms with Crippen molar-refractivity contribution in [2.24, 2.45) is 5.73 Å². The molecule has 0 fully saturated rings. The van der Waals surface area contributed by atoms with Crippen LogP contribution in [0.3, 0.4) is 0 Å². The van der Waals surface area contributed by atoms with Gasteiger partial charge in [0.25, 0.3) is 0 Å². The second kappa shape index (κ2) is 4.97. The molecule has 0 saturated heterocycles. The first-order chi connectivity index (χ1) is 6.72. The van der Waals surface area contributed by atoms with Gasteiger partial charge in [-0.3, -0.25) is 0 Å². The third kappa shape index (κ3) is 2.33. The van der Waals surface area contributed by atoms with Crippen molar-refractivity contribution in [3.05, 3.63) is 34.9 Å². The Morgan fingerprint density at radius 3 is 2.87 bits per heavy atom. The highest BCUT2D eigenvalue weighted by molar-refractivity contribution is 5.85. The first-order valence-corrected chi connectivity index (χ1v) is 5.19. The van der Waals surface area contributed by atoms with Gasteiger partial charge in [-0.05, 0) is 24.5 Å². The zero-order chi connectivity index (χ0) is 10.1. The molecule has 3 heteroatoms. The maximum atomic E-state index is 6.14. The molecule has 0 aromatic heterocycles. The molecule has 1 aromatic rings. The fourth-order valence-corrected chi connectivity index (χ4v) is 2.03. The molecular weight excluding hydrogens is 210 g/mol. The Kier molecular flexibility index (Phi) is 4.14. The molecule has 1 aliphatic rings. The molecule has 0 amide bonds. The van der Waals surface area contributed by atoms with Crippen LogP contribution in [0.1, 0.15) is 36.1 Å². The molecule has 0 unspecified atom stereocenters. The molecule has 0 radical (unpaired) electrons. The molecule has 1 aromatic carbocycles. The summed E-state index contributed by atoms with van der Waals surface area (Å²) in [6, 6.07) is 6.46. The van der Waals surface area contributed by atoms with Crippen molar-refractivity contribution in [2.45, 2.75) is 39.0 Å². The van der Waals surface area contributed by atoms with E-state index in [0.717, 1.165) is 6.42 Å². The predicted octanol–water partition coefficient (Wildman–Crippen LogP) is 2.73. The normalized spacial score (nSPS) is 24.2. The van der Waals surface area contributed by atoms with Crippen molar-refractivity contribution in [2.75, 3.05) is 0 Å². The van der Waals surface area contributed by atoms with Gasteiger partial charge in [0.15, 0.2) is 0 Å². The second-order valence-electron chi connectivity index (χ2n) is 3.99. The summed E-state index contributed by atoms with van der Waals surface area (Å²) in [4.78, 5) is 0. The highest BCUT2D eigenvalue weighted by Crippen LogP contribution is 2.29. The molecule has 0 bridgehead atoms. The number of aryl methyl sites for hydroxylation is 1. The molecule has 0 spiro atoms. The fourth-order valence-electron chi connectivity index (χ4n) is 2.03. The standard InChI is InChI=1S/C12H17NO.ClH/c1-3-11-12(13)10-6-8(2)4-5-9(10)7-14-11;/h4-6,11-12H,3,7,13H2,1-2H3;1H/t11-,12+;/m0./s1. The van der Waals surface area contributed by atoms with Crippen LogP contribution in [0, 0.1) is 6.92 Å². The molecule has 2 nitrogen and oxygen atoms in total. The number of nitrogens with two attached hydrogens (primary N) is 1. The van der Waals surface area contributed by atoms with Gasteiger partial charge in [0.05, 0.1) is 18.8 Å². The minimum Gasteiger partial charge on any atom is -0.372 e. The van der Waals surface area contributed by atoms with Crippen molar-refractivity contribution in [3.63, 3.8) is 0 Å². The van der Waals surface area contributed by atoms with Crippen LogP contribution in [0.5, 0.6) is 0 Å². The summed E-state index contributed by atoms with van der Waals surface area (Å²) in [5, 5.41) is 0. The van der Waals surface area contributed by atoms with E-state index in [4.69, 9.17) is 10.5 Å². The van der Waals surface area contributed by atoms with Crippen molar-refractivity contribution in [1.29, 1.82) is 0 Å². The Labute approximate surface area is 97.2 Å². The molecule has 2 N–H and O–H groups in total. The fraction of sp³-hybridized carbons (Fsp3) is 0.500. The predicted molar refractivity (Wildman–Crippen MR) is 64.2 cm³/mol. The van der Waals surface area contributed by atoms with E-state index < -0.39 is 0 Å². The highest BCUT2D eigenvalue weighted by Gasteiger charge is 2.25. The van der Waals surface area contributed by atoms with Gasteiger partial charge in [-0.1, -0.05) is 30.7 Å². The quantitative estimate of drug-likeness (QED) is 0.801. The van der Waals surface area contributed by atoms with Crippen LogP contribution in [-0.4, -0.2) is 6.10 Å². The molecular formula is C12H18ClNO. The summed E-state index contributed by atoms with van der Waals surface area (Å²) in [6.07, 6.45) is 1.17. The van der Waals surface area contributed by atoms with Crippen molar-refractivity contribution < 1.29 is 4.74 Å². The number of fused-ring (bicyclic) bond motifs is 1. The van der Waals surface area contributed by atoms with Gasteiger partial charge in [-0.25, -0.2) is 0 Å². The minimum absolute atomic E-state index is 0. The lowest BCUT2D eigenvalue weighted by Gasteiger charge is -2.30. The Bertz CT molecular complexity index is 340. The molecule has 0 saturated carbocycles. The lowest BCUT2D eigenvalue weighted by Crippen LogP contribution is -2.33. The van der Waals surface area contributed by atoms with Crippen LogP contribution >= 0.6 is 12.4 Å². The Balaban J connectivity index is 0.00000112. The largest absolute Gasteiger partial charge is 0.372 e. The molecule has 15 heavy (non-hydrogen) atoms. The molecule has 0 aliphatic carbocycles. The lowest BCUT2D eigenvalue weighted by molar-refractivity contribution is 0.00678. The topological polar surface area (TPSA) is 35.2 Å². The molecule has 1 aliphatic heterocycles. The van der Waals surface area contributed by atoms with E-state index in [1.165, 1.54) is 16.7 Å². The zero-order valence-electron chi connectivity index (χ0n) is 9.19. The van der Waals surface area contributed by atoms with E-state index in [1.54, 1.807) is 0 Å². The number of hydrogen-bond donors (Lipinski definition) is 1. The van der Waals surface area contributed by atoms with Crippen LogP contribution in [-0.2, 0) is 11.3 Å². The van der Waals surface area contributed by atoms with E-state index in [9.17, 15) is 0 Å². The maximum Gasteiger partial charge on any atom is 0.0769 e. The Morgan fingerprint density at radius 1 is 1.47 bits per heavy atom. The summed E-state index contributed by atoms with van der Waals surface area (Å²) in [5.41, 5.74) is 9.93. The lowest BCUT2D eigenvalue weighted by atomic mass is 9.92. The van der Waals surface area contributed by atoms with E-state index >= 15 is 0 Å². The molecule has 2 rings (SSSR count). The van der Waals surface area contributed by atoms with Gasteiger partial charge in [0, 0.05) is 0 Å². The third-order valence-electron chi connectivity index (χ3n) is 2.92. The summed E-state index contributed by atoms with van der Waals surface area (Å²) < 4.78 is 5.68. The van der Waals surface area contributed by atoms with Crippen LogP contribution in [0.2, 0.25) is 0 Å². The van der Waals surface area contributed by atoms with Crippen molar-refractivity contribution in [3.8, 4) is 0 Å². The molecule has 1 heterocycles. The number of rotatable bonds is 1. The average molecular weight is 228 g/mol. The smallest absolute Gasteiger partial charge is 0.0769 e. The number of benzene rings is 1. The van der Waals surface area contributed by atoms with E-state index in [2.05, 4.69) is 32.0 Å². The van der Waals surface area contributed by atoms with Gasteiger partial charge in [-0.15, -0.1) is 12.4 Å². The first-order valence-electron chi connectivity index (χ1n) is 5.19. The van der Waals surface area contributed by atoms with Crippen molar-refractivity contribution in [1.82, 2.24) is 0 Å². The molecule has 2 atom stereocenters. The van der Waals surface area contributed by atoms with Gasteiger partial charge < -0.3 is 10.5 Å². The van der Waals surface area contributed by atoms with Crippen molar-refractivity contribution >= 4 is 12.4 Å². The summed E-state index contributed by atoms with van der Waals surface area (Å²) in [7, 11) is 0. The maximum absolute atomic E-state index is 6.14. The number of hydrogen-bond acceptors (Lipinski definition) is 2. The zero-order valence-corrected chi connectivity index (χ0v) is 10.0. The first kappa shape index (κ1) is 12.5. The van der Waals surface area contributed by atoms with Crippen LogP contribution in [0.25, 0.3) is 0 Å². The SMILES string of the molecule is CC[C@@H]1OCc2ccc(C)cc2[C@H]1N.Cl. The minimum atomic E-state index is 0. The van der Waals surface area contributed by atoms with E-state index in [0.29, 0.717) is 6.61 Å². The molecule has 84 valence electrons. The van der Waals surface area contributed by atoms with Gasteiger partial charge in [0.2, 0.25) is 0 Å². The van der Waals surface area contributed by atoms with Crippen LogP contribution in [0.15, 0.2) is 18.2 Å². The summed E-state index contributed by atoms with van der Waals surface area (Å²) in [6.45, 7) is 4.93. The number of halogens is 1. The average Bonchev–Trinajstić information content (AvgIpc) is 2.20. The summed E-state index contributed by atoms with van der Waals surface area (Å²) >= 11 is 0.